The fraction of sp³-hybridized carbons (Fsp3) is 0.667. The summed E-state index contributed by atoms with van der Waals surface area (Å²) in [6, 6.07) is 1.98. The van der Waals surface area contributed by atoms with Crippen LogP contribution in [0.4, 0.5) is 0 Å². The first-order valence-corrected chi connectivity index (χ1v) is 7.49. The molecule has 1 heterocycles. The molecule has 1 aliphatic rings. The van der Waals surface area contributed by atoms with E-state index in [-0.39, 0.29) is 17.9 Å². The highest BCUT2D eigenvalue weighted by Gasteiger charge is 2.27. The zero-order valence-corrected chi connectivity index (χ0v) is 12.6. The molecular weight excluding hydrogens is 270 g/mol. The number of carbonyl (C=O) groups is 2. The molecule has 116 valence electrons. The summed E-state index contributed by atoms with van der Waals surface area (Å²) in [4.78, 5) is 23.0. The molecule has 2 atom stereocenters. The van der Waals surface area contributed by atoms with Gasteiger partial charge in [-0.2, -0.15) is 5.10 Å². The van der Waals surface area contributed by atoms with E-state index in [9.17, 15) is 9.59 Å². The van der Waals surface area contributed by atoms with E-state index < -0.39 is 5.97 Å². The molecule has 6 nitrogen and oxygen atoms in total. The Labute approximate surface area is 124 Å². The van der Waals surface area contributed by atoms with Crippen molar-refractivity contribution in [2.45, 2.75) is 58.5 Å². The van der Waals surface area contributed by atoms with Crippen molar-refractivity contribution in [2.24, 2.45) is 5.92 Å². The van der Waals surface area contributed by atoms with Crippen LogP contribution in [0.25, 0.3) is 0 Å². The van der Waals surface area contributed by atoms with E-state index in [0.717, 1.165) is 24.2 Å². The summed E-state index contributed by atoms with van der Waals surface area (Å²) in [6.45, 7) is 4.45. The lowest BCUT2D eigenvalue weighted by molar-refractivity contribution is -0.143. The van der Waals surface area contributed by atoms with Gasteiger partial charge in [0.05, 0.1) is 11.6 Å². The maximum atomic E-state index is 12.0. The van der Waals surface area contributed by atoms with Gasteiger partial charge in [0.15, 0.2) is 0 Å². The molecule has 0 spiro atoms. The van der Waals surface area contributed by atoms with Crippen LogP contribution >= 0.6 is 0 Å². The number of nitrogens with zero attached hydrogens (tertiary/aromatic N) is 2. The molecule has 1 aliphatic carbocycles. The molecule has 1 amide bonds. The van der Waals surface area contributed by atoms with Crippen molar-refractivity contribution in [3.05, 3.63) is 17.5 Å². The highest BCUT2D eigenvalue weighted by Crippen LogP contribution is 2.24. The molecule has 2 N–H and O–H groups in total. The largest absolute Gasteiger partial charge is 0.481 e. The van der Waals surface area contributed by atoms with Gasteiger partial charge in [0.25, 0.3) is 0 Å². The van der Waals surface area contributed by atoms with Gasteiger partial charge in [-0.3, -0.25) is 14.3 Å². The summed E-state index contributed by atoms with van der Waals surface area (Å²) in [5.41, 5.74) is 1.99. The summed E-state index contributed by atoms with van der Waals surface area (Å²) in [5.74, 6) is -1.10. The molecule has 0 aliphatic heterocycles. The fourth-order valence-electron chi connectivity index (χ4n) is 2.95. The van der Waals surface area contributed by atoms with Gasteiger partial charge in [-0.15, -0.1) is 0 Å². The molecule has 21 heavy (non-hydrogen) atoms. The molecule has 2 rings (SSSR count). The number of aliphatic carboxylic acids is 1. The lowest BCUT2D eigenvalue weighted by Crippen LogP contribution is -2.40. The molecule has 0 radical (unpaired) electrons. The quantitative estimate of drug-likeness (QED) is 0.864. The monoisotopic (exact) mass is 293 g/mol. The molecule has 0 aromatic carbocycles. The Balaban J connectivity index is 1.79. The first kappa shape index (κ1) is 15.5. The Morgan fingerprint density at radius 2 is 2.19 bits per heavy atom. The molecule has 1 aromatic heterocycles. The van der Waals surface area contributed by atoms with E-state index in [1.165, 1.54) is 0 Å². The number of aromatic nitrogens is 2. The lowest BCUT2D eigenvalue weighted by atomic mass is 9.86. The lowest BCUT2D eigenvalue weighted by Gasteiger charge is -2.27. The highest BCUT2D eigenvalue weighted by atomic mass is 16.4. The van der Waals surface area contributed by atoms with Crippen molar-refractivity contribution in [2.75, 3.05) is 0 Å². The van der Waals surface area contributed by atoms with Gasteiger partial charge in [-0.1, -0.05) is 6.42 Å². The zero-order chi connectivity index (χ0) is 15.4. The Kier molecular flexibility index (Phi) is 4.98. The van der Waals surface area contributed by atoms with Crippen molar-refractivity contribution >= 4 is 11.9 Å². The van der Waals surface area contributed by atoms with E-state index in [1.54, 1.807) is 0 Å². The van der Waals surface area contributed by atoms with Crippen molar-refractivity contribution in [1.82, 2.24) is 15.1 Å². The van der Waals surface area contributed by atoms with E-state index >= 15 is 0 Å². The number of hydrogen-bond donors (Lipinski definition) is 2. The van der Waals surface area contributed by atoms with Crippen molar-refractivity contribution in [3.63, 3.8) is 0 Å². The third kappa shape index (κ3) is 4.31. The summed E-state index contributed by atoms with van der Waals surface area (Å²) in [7, 11) is 0. The van der Waals surface area contributed by atoms with Crippen LogP contribution in [0.2, 0.25) is 0 Å². The maximum Gasteiger partial charge on any atom is 0.306 e. The molecule has 1 fully saturated rings. The van der Waals surface area contributed by atoms with Crippen LogP contribution in [0, 0.1) is 19.8 Å². The van der Waals surface area contributed by atoms with Gasteiger partial charge < -0.3 is 10.4 Å². The Morgan fingerprint density at radius 3 is 2.81 bits per heavy atom. The topological polar surface area (TPSA) is 84.2 Å². The number of aryl methyl sites for hydroxylation is 3. The summed E-state index contributed by atoms with van der Waals surface area (Å²) in [6.07, 6.45) is 3.36. The van der Waals surface area contributed by atoms with Crippen molar-refractivity contribution in [1.29, 1.82) is 0 Å². The molecule has 0 bridgehead atoms. The first-order chi connectivity index (χ1) is 9.95. The number of carboxylic acids is 1. The van der Waals surface area contributed by atoms with Gasteiger partial charge in [0.2, 0.25) is 5.91 Å². The Morgan fingerprint density at radius 1 is 1.43 bits per heavy atom. The summed E-state index contributed by atoms with van der Waals surface area (Å²) in [5, 5.41) is 16.3. The van der Waals surface area contributed by atoms with Gasteiger partial charge in [0, 0.05) is 24.7 Å². The van der Waals surface area contributed by atoms with Crippen molar-refractivity contribution in [3.8, 4) is 0 Å². The molecule has 1 aromatic rings. The van der Waals surface area contributed by atoms with Crippen LogP contribution in [-0.4, -0.2) is 32.8 Å². The number of nitrogens with one attached hydrogen (secondary N) is 1. The zero-order valence-electron chi connectivity index (χ0n) is 12.6. The van der Waals surface area contributed by atoms with E-state index in [2.05, 4.69) is 10.4 Å². The number of carboxylic acid groups (broad SMARTS) is 1. The number of carbonyl (C=O) groups excluding carboxylic acids is 1. The van der Waals surface area contributed by atoms with Crippen LogP contribution in [0.5, 0.6) is 0 Å². The standard InChI is InChI=1S/C15H23N3O3/c1-10-8-11(2)18(17-10)7-6-14(19)16-13-5-3-4-12(9-13)15(20)21/h8,12-13H,3-7,9H2,1-2H3,(H,16,19)(H,20,21). The summed E-state index contributed by atoms with van der Waals surface area (Å²) < 4.78 is 1.83. The smallest absolute Gasteiger partial charge is 0.306 e. The minimum Gasteiger partial charge on any atom is -0.481 e. The van der Waals surface area contributed by atoms with E-state index in [1.807, 2.05) is 24.6 Å². The molecule has 0 saturated heterocycles. The predicted molar refractivity (Wildman–Crippen MR) is 77.8 cm³/mol. The second-order valence-electron chi connectivity index (χ2n) is 5.87. The number of hydrogen-bond acceptors (Lipinski definition) is 3. The molecule has 1 saturated carbocycles. The van der Waals surface area contributed by atoms with Crippen LogP contribution in [-0.2, 0) is 16.1 Å². The van der Waals surface area contributed by atoms with Crippen molar-refractivity contribution < 1.29 is 14.7 Å². The number of amides is 1. The van der Waals surface area contributed by atoms with Crippen LogP contribution in [0.3, 0.4) is 0 Å². The minimum absolute atomic E-state index is 0.00666. The second kappa shape index (κ2) is 6.74. The highest BCUT2D eigenvalue weighted by molar-refractivity contribution is 5.76. The van der Waals surface area contributed by atoms with Crippen LogP contribution in [0.15, 0.2) is 6.07 Å². The molecule has 2 unspecified atom stereocenters. The van der Waals surface area contributed by atoms with Crippen LogP contribution in [0.1, 0.15) is 43.5 Å². The minimum atomic E-state index is -0.753. The summed E-state index contributed by atoms with van der Waals surface area (Å²) >= 11 is 0. The Bertz CT molecular complexity index is 524. The average Bonchev–Trinajstić information content (AvgIpc) is 2.75. The predicted octanol–water partition coefficient (Wildman–Crippen LogP) is 1.65. The molecule has 6 heteroatoms. The third-order valence-electron chi connectivity index (χ3n) is 4.04. The van der Waals surface area contributed by atoms with Gasteiger partial charge in [-0.25, -0.2) is 0 Å². The van der Waals surface area contributed by atoms with E-state index in [4.69, 9.17) is 5.11 Å². The Hall–Kier alpha value is -1.85. The maximum absolute atomic E-state index is 12.0. The number of rotatable bonds is 5. The fourth-order valence-corrected chi connectivity index (χ4v) is 2.95. The first-order valence-electron chi connectivity index (χ1n) is 7.49. The third-order valence-corrected chi connectivity index (χ3v) is 4.04. The second-order valence-corrected chi connectivity index (χ2v) is 5.87. The van der Waals surface area contributed by atoms with Gasteiger partial charge in [0.1, 0.15) is 0 Å². The average molecular weight is 293 g/mol. The van der Waals surface area contributed by atoms with E-state index in [0.29, 0.717) is 25.8 Å². The molecular formula is C15H23N3O3. The SMILES string of the molecule is Cc1cc(C)n(CCC(=O)NC2CCCC(C(=O)O)C2)n1. The van der Waals surface area contributed by atoms with Gasteiger partial charge >= 0.3 is 5.97 Å². The van der Waals surface area contributed by atoms with Gasteiger partial charge in [-0.05, 0) is 39.2 Å². The van der Waals surface area contributed by atoms with Crippen LogP contribution < -0.4 is 5.32 Å². The normalized spacial score (nSPS) is 22.0.